The summed E-state index contributed by atoms with van der Waals surface area (Å²) in [5.41, 5.74) is 6.39. The van der Waals surface area contributed by atoms with Crippen LogP contribution in [-0.4, -0.2) is 41.9 Å². The van der Waals surface area contributed by atoms with Crippen LogP contribution in [0.2, 0.25) is 0 Å². The second kappa shape index (κ2) is 10.3. The van der Waals surface area contributed by atoms with Gasteiger partial charge in [-0.05, 0) is 44.7 Å². The minimum Gasteiger partial charge on any atom is -0.350 e. The molecule has 0 saturated carbocycles. The van der Waals surface area contributed by atoms with Gasteiger partial charge in [0.05, 0.1) is 0 Å². The van der Waals surface area contributed by atoms with Gasteiger partial charge >= 0.3 is 0 Å². The summed E-state index contributed by atoms with van der Waals surface area (Å²) < 4.78 is 0. The molecule has 134 valence electrons. The van der Waals surface area contributed by atoms with E-state index < -0.39 is 0 Å². The van der Waals surface area contributed by atoms with E-state index in [4.69, 9.17) is 5.73 Å². The third-order valence-corrected chi connectivity index (χ3v) is 4.30. The predicted molar refractivity (Wildman–Crippen MR) is 98.3 cm³/mol. The Morgan fingerprint density at radius 3 is 2.67 bits per heavy atom. The molecule has 5 nitrogen and oxygen atoms in total. The van der Waals surface area contributed by atoms with Crippen molar-refractivity contribution in [2.45, 2.75) is 51.1 Å². The van der Waals surface area contributed by atoms with Crippen LogP contribution in [0.1, 0.15) is 49.4 Å². The summed E-state index contributed by atoms with van der Waals surface area (Å²) in [5, 5.41) is 2.96. The van der Waals surface area contributed by atoms with Gasteiger partial charge in [-0.3, -0.25) is 9.59 Å². The maximum Gasteiger partial charge on any atom is 0.251 e. The van der Waals surface area contributed by atoms with E-state index in [1.54, 1.807) is 12.1 Å². The molecule has 1 fully saturated rings. The summed E-state index contributed by atoms with van der Waals surface area (Å²) in [6.45, 7) is 3.21. The van der Waals surface area contributed by atoms with Crippen molar-refractivity contribution in [2.24, 2.45) is 5.73 Å². The number of carbonyl (C=O) groups excluding carboxylic acids is 2. The van der Waals surface area contributed by atoms with Gasteiger partial charge in [0.1, 0.15) is 0 Å². The molecule has 1 saturated heterocycles. The van der Waals surface area contributed by atoms with Crippen LogP contribution in [0.25, 0.3) is 0 Å². The first-order valence-corrected chi connectivity index (χ1v) is 8.46. The number of amides is 2. The molecule has 2 atom stereocenters. The Morgan fingerprint density at radius 2 is 2.00 bits per heavy atom. The molecule has 1 aliphatic heterocycles. The van der Waals surface area contributed by atoms with Crippen molar-refractivity contribution in [3.8, 4) is 0 Å². The lowest BCUT2D eigenvalue weighted by molar-refractivity contribution is -0.134. The van der Waals surface area contributed by atoms with Gasteiger partial charge in [0.2, 0.25) is 5.91 Å². The van der Waals surface area contributed by atoms with Gasteiger partial charge in [-0.25, -0.2) is 0 Å². The average Bonchev–Trinajstić information content (AvgIpc) is 2.58. The Kier molecular flexibility index (Phi) is 8.79. The first-order valence-electron chi connectivity index (χ1n) is 8.46. The third-order valence-electron chi connectivity index (χ3n) is 4.30. The highest BCUT2D eigenvalue weighted by atomic mass is 35.5. The van der Waals surface area contributed by atoms with Gasteiger partial charge < -0.3 is 16.0 Å². The van der Waals surface area contributed by atoms with Crippen LogP contribution in [0.4, 0.5) is 0 Å². The number of carbonyl (C=O) groups is 2. The van der Waals surface area contributed by atoms with E-state index in [1.807, 2.05) is 30.0 Å². The number of likely N-dealkylation sites (tertiary alicyclic amines) is 1. The molecular formula is C18H28ClN3O2. The van der Waals surface area contributed by atoms with Crippen molar-refractivity contribution >= 4 is 24.2 Å². The van der Waals surface area contributed by atoms with Crippen molar-refractivity contribution in [2.75, 3.05) is 13.1 Å². The molecule has 1 aromatic carbocycles. The van der Waals surface area contributed by atoms with Crippen molar-refractivity contribution in [1.82, 2.24) is 10.2 Å². The minimum atomic E-state index is -0.0841. The normalized spacial score (nSPS) is 18.4. The van der Waals surface area contributed by atoms with Crippen molar-refractivity contribution in [3.05, 3.63) is 35.9 Å². The van der Waals surface area contributed by atoms with Crippen LogP contribution in [0.15, 0.2) is 30.3 Å². The smallest absolute Gasteiger partial charge is 0.251 e. The van der Waals surface area contributed by atoms with Crippen molar-refractivity contribution in [3.63, 3.8) is 0 Å². The Labute approximate surface area is 150 Å². The highest BCUT2D eigenvalue weighted by molar-refractivity contribution is 5.94. The fourth-order valence-electron chi connectivity index (χ4n) is 2.94. The molecule has 0 aliphatic carbocycles. The van der Waals surface area contributed by atoms with Gasteiger partial charge in [0, 0.05) is 37.2 Å². The number of nitrogens with two attached hydrogens (primary N) is 1. The molecule has 0 bridgehead atoms. The lowest BCUT2D eigenvalue weighted by atomic mass is 10.0. The number of nitrogens with one attached hydrogen (secondary N) is 1. The topological polar surface area (TPSA) is 75.4 Å². The standard InChI is InChI=1S/C18H27N3O2.ClH/c1-14(19)10-11-17(22)21-12-6-5-9-16(21)13-20-18(23)15-7-3-2-4-8-15;/h2-4,7-8,14,16H,5-6,9-13,19H2,1H3,(H,20,23);1H. The molecule has 1 heterocycles. The van der Waals surface area contributed by atoms with Crippen LogP contribution in [-0.2, 0) is 4.79 Å². The van der Waals surface area contributed by atoms with Crippen LogP contribution in [0, 0.1) is 0 Å². The van der Waals surface area contributed by atoms with E-state index in [1.165, 1.54) is 0 Å². The summed E-state index contributed by atoms with van der Waals surface area (Å²) in [5.74, 6) is 0.0695. The number of benzene rings is 1. The van der Waals surface area contributed by atoms with E-state index in [2.05, 4.69) is 5.32 Å². The van der Waals surface area contributed by atoms with E-state index >= 15 is 0 Å². The lowest BCUT2D eigenvalue weighted by Crippen LogP contribution is -2.49. The summed E-state index contributed by atoms with van der Waals surface area (Å²) >= 11 is 0. The highest BCUT2D eigenvalue weighted by Gasteiger charge is 2.26. The van der Waals surface area contributed by atoms with E-state index in [0.717, 1.165) is 25.8 Å². The van der Waals surface area contributed by atoms with Crippen LogP contribution in [0.3, 0.4) is 0 Å². The minimum absolute atomic E-state index is 0. The van der Waals surface area contributed by atoms with Gasteiger partial charge in [0.15, 0.2) is 0 Å². The molecule has 0 aromatic heterocycles. The Morgan fingerprint density at radius 1 is 1.29 bits per heavy atom. The van der Waals surface area contributed by atoms with Gasteiger partial charge in [-0.1, -0.05) is 18.2 Å². The van der Waals surface area contributed by atoms with E-state index in [-0.39, 0.29) is 36.3 Å². The first-order chi connectivity index (χ1) is 11.1. The zero-order valence-corrected chi connectivity index (χ0v) is 15.1. The number of nitrogens with zero attached hydrogens (tertiary/aromatic N) is 1. The molecule has 1 aromatic rings. The van der Waals surface area contributed by atoms with Crippen LogP contribution < -0.4 is 11.1 Å². The van der Waals surface area contributed by atoms with Gasteiger partial charge in [-0.2, -0.15) is 0 Å². The molecular weight excluding hydrogens is 326 g/mol. The summed E-state index contributed by atoms with van der Waals surface area (Å²) in [7, 11) is 0. The molecule has 24 heavy (non-hydrogen) atoms. The zero-order chi connectivity index (χ0) is 16.7. The molecule has 1 aliphatic rings. The number of piperidine rings is 1. The maximum atomic E-state index is 12.4. The lowest BCUT2D eigenvalue weighted by Gasteiger charge is -2.36. The molecule has 3 N–H and O–H groups in total. The average molecular weight is 354 g/mol. The fraction of sp³-hybridized carbons (Fsp3) is 0.556. The summed E-state index contributed by atoms with van der Waals surface area (Å²) in [6, 6.07) is 9.30. The van der Waals surface area contributed by atoms with Crippen LogP contribution >= 0.6 is 12.4 Å². The quantitative estimate of drug-likeness (QED) is 0.824. The zero-order valence-electron chi connectivity index (χ0n) is 14.2. The van der Waals surface area contributed by atoms with Gasteiger partial charge in [0.25, 0.3) is 5.91 Å². The van der Waals surface area contributed by atoms with Gasteiger partial charge in [-0.15, -0.1) is 12.4 Å². The molecule has 6 heteroatoms. The second-order valence-corrected chi connectivity index (χ2v) is 6.33. The molecule has 2 rings (SSSR count). The maximum absolute atomic E-state index is 12.4. The van der Waals surface area contributed by atoms with Crippen molar-refractivity contribution < 1.29 is 9.59 Å². The van der Waals surface area contributed by atoms with Crippen LogP contribution in [0.5, 0.6) is 0 Å². The Hall–Kier alpha value is -1.59. The Bertz CT molecular complexity index is 522. The number of halogens is 1. The molecule has 2 unspecified atom stereocenters. The molecule has 2 amide bonds. The van der Waals surface area contributed by atoms with E-state index in [0.29, 0.717) is 24.9 Å². The monoisotopic (exact) mass is 353 g/mol. The SMILES string of the molecule is CC(N)CCC(=O)N1CCCCC1CNC(=O)c1ccccc1.Cl. The van der Waals surface area contributed by atoms with Crippen molar-refractivity contribution in [1.29, 1.82) is 0 Å². The van der Waals surface area contributed by atoms with E-state index in [9.17, 15) is 9.59 Å². The fourth-order valence-corrected chi connectivity index (χ4v) is 2.94. The number of rotatable bonds is 6. The largest absolute Gasteiger partial charge is 0.350 e. The predicted octanol–water partition coefficient (Wildman–Crippen LogP) is 2.35. The number of hydrogen-bond donors (Lipinski definition) is 2. The summed E-state index contributed by atoms with van der Waals surface area (Å²) in [4.78, 5) is 26.5. The second-order valence-electron chi connectivity index (χ2n) is 6.33. The molecule has 0 radical (unpaired) electrons. The Balaban J connectivity index is 0.00000288. The third kappa shape index (κ3) is 6.13. The number of hydrogen-bond acceptors (Lipinski definition) is 3. The first kappa shape index (κ1) is 20.5. The highest BCUT2D eigenvalue weighted by Crippen LogP contribution is 2.18. The summed E-state index contributed by atoms with van der Waals surface area (Å²) in [6.07, 6.45) is 4.27. The molecule has 0 spiro atoms.